The number of halogens is 3. The van der Waals surface area contributed by atoms with Gasteiger partial charge in [-0.3, -0.25) is 4.79 Å². The van der Waals surface area contributed by atoms with E-state index in [0.29, 0.717) is 23.2 Å². The number of carboxylic acid groups (broad SMARTS) is 1. The van der Waals surface area contributed by atoms with Gasteiger partial charge in [-0.25, -0.2) is 4.79 Å². The van der Waals surface area contributed by atoms with Gasteiger partial charge in [-0.1, -0.05) is 6.92 Å². The minimum atomic E-state index is -4.56. The predicted molar refractivity (Wildman–Crippen MR) is 73.1 cm³/mol. The van der Waals surface area contributed by atoms with Crippen LogP contribution in [0.2, 0.25) is 0 Å². The van der Waals surface area contributed by atoms with E-state index in [-0.39, 0.29) is 16.4 Å². The molecule has 0 radical (unpaired) electrons. The van der Waals surface area contributed by atoms with Gasteiger partial charge in [0.2, 0.25) is 0 Å². The molecule has 1 aromatic rings. The summed E-state index contributed by atoms with van der Waals surface area (Å²) in [6.45, 7) is 1.83. The van der Waals surface area contributed by atoms with E-state index in [1.165, 1.54) is 11.8 Å². The predicted octanol–water partition coefficient (Wildman–Crippen LogP) is 3.84. The zero-order valence-electron chi connectivity index (χ0n) is 10.9. The van der Waals surface area contributed by atoms with Crippen molar-refractivity contribution in [2.75, 3.05) is 0 Å². The van der Waals surface area contributed by atoms with Crippen LogP contribution in [-0.4, -0.2) is 22.6 Å². The molecule has 1 unspecified atom stereocenters. The number of rotatable bonds is 3. The van der Waals surface area contributed by atoms with Gasteiger partial charge in [-0.15, -0.1) is 11.8 Å². The van der Waals surface area contributed by atoms with Crippen molar-refractivity contribution in [1.29, 1.82) is 0 Å². The summed E-state index contributed by atoms with van der Waals surface area (Å²) in [5.41, 5.74) is -0.820. The van der Waals surface area contributed by atoms with Crippen molar-refractivity contribution in [2.24, 2.45) is 0 Å². The average molecular weight is 316 g/mol. The molecule has 3 nitrogen and oxygen atoms in total. The molecule has 0 aromatic heterocycles. The number of alkyl halides is 3. The third-order valence-corrected chi connectivity index (χ3v) is 4.29. The van der Waals surface area contributed by atoms with Gasteiger partial charge < -0.3 is 5.11 Å². The van der Waals surface area contributed by atoms with Gasteiger partial charge in [-0.05, 0) is 35.8 Å². The maximum atomic E-state index is 12.8. The average Bonchev–Trinajstić information content (AvgIpc) is 2.78. The van der Waals surface area contributed by atoms with Gasteiger partial charge in [0.1, 0.15) is 0 Å². The summed E-state index contributed by atoms with van der Waals surface area (Å²) in [6, 6.07) is 2.48. The molecule has 0 saturated heterocycles. The maximum Gasteiger partial charge on any atom is 0.416 e. The van der Waals surface area contributed by atoms with E-state index in [1.807, 2.05) is 6.92 Å². The van der Waals surface area contributed by atoms with Crippen molar-refractivity contribution in [1.82, 2.24) is 0 Å². The second-order valence-electron chi connectivity index (χ2n) is 4.66. The zero-order chi connectivity index (χ0) is 15.8. The monoisotopic (exact) mass is 316 g/mol. The first-order valence-corrected chi connectivity index (χ1v) is 6.92. The van der Waals surface area contributed by atoms with Crippen LogP contribution in [-0.2, 0) is 11.0 Å². The number of hydrogen-bond donors (Lipinski definition) is 1. The molecule has 0 amide bonds. The fourth-order valence-corrected chi connectivity index (χ4v) is 3.29. The molecule has 1 aliphatic heterocycles. The normalized spacial score (nSPS) is 19.0. The molecule has 21 heavy (non-hydrogen) atoms. The van der Waals surface area contributed by atoms with Crippen LogP contribution in [0.25, 0.3) is 5.57 Å². The Morgan fingerprint density at radius 2 is 2.10 bits per heavy atom. The molecule has 1 N–H and O–H groups in total. The Kier molecular flexibility index (Phi) is 4.13. The largest absolute Gasteiger partial charge is 0.478 e. The minimum absolute atomic E-state index is 0.0244. The molecule has 0 bridgehead atoms. The van der Waals surface area contributed by atoms with Crippen LogP contribution in [0, 0.1) is 0 Å². The summed E-state index contributed by atoms with van der Waals surface area (Å²) >= 11 is 1.24. The Labute approximate surface area is 122 Å². The molecular weight excluding hydrogens is 305 g/mol. The molecule has 1 heterocycles. The summed E-state index contributed by atoms with van der Waals surface area (Å²) < 4.78 is 38.4. The lowest BCUT2D eigenvalue weighted by molar-refractivity contribution is -0.137. The second-order valence-corrected chi connectivity index (χ2v) is 6.14. The molecule has 0 fully saturated rings. The van der Waals surface area contributed by atoms with E-state index >= 15 is 0 Å². The van der Waals surface area contributed by atoms with E-state index in [1.54, 1.807) is 0 Å². The number of hydrogen-bond acceptors (Lipinski definition) is 3. The number of benzene rings is 1. The first kappa shape index (κ1) is 15.6. The van der Waals surface area contributed by atoms with Crippen LogP contribution < -0.4 is 0 Å². The first-order chi connectivity index (χ1) is 9.74. The van der Waals surface area contributed by atoms with Crippen molar-refractivity contribution < 1.29 is 27.9 Å². The van der Waals surface area contributed by atoms with Crippen molar-refractivity contribution in [3.63, 3.8) is 0 Å². The molecule has 0 aliphatic carbocycles. The highest BCUT2D eigenvalue weighted by Crippen LogP contribution is 2.43. The smallest absolute Gasteiger partial charge is 0.416 e. The highest BCUT2D eigenvalue weighted by atomic mass is 32.2. The highest BCUT2D eigenvalue weighted by molar-refractivity contribution is 8.05. The number of allylic oxidation sites excluding steroid dienone is 2. The molecule has 1 aromatic carbocycles. The molecule has 2 rings (SSSR count). The van der Waals surface area contributed by atoms with Gasteiger partial charge in [-0.2, -0.15) is 13.2 Å². The Hall–Kier alpha value is -1.76. The van der Waals surface area contributed by atoms with Crippen LogP contribution in [0.15, 0.2) is 23.1 Å². The number of thioether (sulfide) groups is 1. The lowest BCUT2D eigenvalue weighted by atomic mass is 9.94. The van der Waals surface area contributed by atoms with E-state index in [9.17, 15) is 22.8 Å². The van der Waals surface area contributed by atoms with E-state index in [0.717, 1.165) is 18.2 Å². The minimum Gasteiger partial charge on any atom is -0.478 e. The molecule has 1 atom stereocenters. The van der Waals surface area contributed by atoms with Crippen LogP contribution in [0.3, 0.4) is 0 Å². The van der Waals surface area contributed by atoms with Gasteiger partial charge in [0.15, 0.2) is 6.29 Å². The van der Waals surface area contributed by atoms with Gasteiger partial charge in [0.25, 0.3) is 0 Å². The number of carbonyl (C=O) groups is 2. The quantitative estimate of drug-likeness (QED) is 0.861. The summed E-state index contributed by atoms with van der Waals surface area (Å²) in [4.78, 5) is 22.6. The lowest BCUT2D eigenvalue weighted by Crippen LogP contribution is -2.09. The summed E-state index contributed by atoms with van der Waals surface area (Å²) in [7, 11) is 0. The van der Waals surface area contributed by atoms with E-state index in [2.05, 4.69) is 0 Å². The summed E-state index contributed by atoms with van der Waals surface area (Å²) in [5.74, 6) is -1.32. The topological polar surface area (TPSA) is 54.4 Å². The van der Waals surface area contributed by atoms with Crippen molar-refractivity contribution >= 4 is 29.6 Å². The first-order valence-electron chi connectivity index (χ1n) is 6.04. The number of aromatic carboxylic acids is 1. The second kappa shape index (κ2) is 5.55. The Bertz CT molecular complexity index is 635. The molecule has 0 spiro atoms. The molecular formula is C14H11F3O3S. The van der Waals surface area contributed by atoms with Crippen molar-refractivity contribution in [3.8, 4) is 0 Å². The Morgan fingerprint density at radius 1 is 1.43 bits per heavy atom. The van der Waals surface area contributed by atoms with Gasteiger partial charge >= 0.3 is 12.1 Å². The standard InChI is InChI=1S/C14H11F3O3S/c1-7-4-11(12(6-18)21-7)10-5-8(14(15,16)17)2-3-9(10)13(19)20/h2-3,5-7H,4H2,1H3,(H,19,20). The summed E-state index contributed by atoms with van der Waals surface area (Å²) in [6.07, 6.45) is -3.64. The van der Waals surface area contributed by atoms with Crippen LogP contribution >= 0.6 is 11.8 Å². The lowest BCUT2D eigenvalue weighted by Gasteiger charge is -2.13. The molecule has 1 aliphatic rings. The fraction of sp³-hybridized carbons (Fsp3) is 0.286. The zero-order valence-corrected chi connectivity index (χ0v) is 11.7. The molecule has 112 valence electrons. The molecule has 7 heteroatoms. The third-order valence-electron chi connectivity index (χ3n) is 3.13. The maximum absolute atomic E-state index is 12.8. The number of carbonyl (C=O) groups excluding carboxylic acids is 1. The van der Waals surface area contributed by atoms with E-state index in [4.69, 9.17) is 5.11 Å². The SMILES string of the molecule is CC1CC(c2cc(C(F)(F)F)ccc2C(=O)O)=C(C=O)S1. The number of carboxylic acids is 1. The Morgan fingerprint density at radius 3 is 2.62 bits per heavy atom. The van der Waals surface area contributed by atoms with Gasteiger partial charge in [0, 0.05) is 5.25 Å². The van der Waals surface area contributed by atoms with Gasteiger partial charge in [0.05, 0.1) is 16.0 Å². The fourth-order valence-electron chi connectivity index (χ4n) is 2.22. The molecule has 0 saturated carbocycles. The van der Waals surface area contributed by atoms with E-state index < -0.39 is 17.7 Å². The van der Waals surface area contributed by atoms with Crippen molar-refractivity contribution in [3.05, 3.63) is 39.8 Å². The third kappa shape index (κ3) is 3.12. The van der Waals surface area contributed by atoms with Crippen LogP contribution in [0.1, 0.15) is 34.8 Å². The van der Waals surface area contributed by atoms with Crippen LogP contribution in [0.5, 0.6) is 0 Å². The Balaban J connectivity index is 2.65. The highest BCUT2D eigenvalue weighted by Gasteiger charge is 2.33. The van der Waals surface area contributed by atoms with Crippen molar-refractivity contribution in [2.45, 2.75) is 24.8 Å². The van der Waals surface area contributed by atoms with Crippen LogP contribution in [0.4, 0.5) is 13.2 Å². The summed E-state index contributed by atoms with van der Waals surface area (Å²) in [5, 5.41) is 9.17. The number of aldehydes is 1.